The summed E-state index contributed by atoms with van der Waals surface area (Å²) in [6, 6.07) is 11.6. The second kappa shape index (κ2) is 14.7. The SMILES string of the molecule is CC[C@H](C)[C@@H](Nc1ccc2c(cc1=O)[C@H](NC(C)=O)CCc1cc(OC)c(OC)c(OC)c1-2)C(=O)NCCc1ccccn1. The van der Waals surface area contributed by atoms with Crippen LogP contribution in [0.15, 0.2) is 53.5 Å². The summed E-state index contributed by atoms with van der Waals surface area (Å²) in [6.07, 6.45) is 4.21. The number of hydrogen-bond donors (Lipinski definition) is 3. The molecule has 2 amide bonds. The number of methoxy groups -OCH3 is 3. The minimum absolute atomic E-state index is 0.0581. The van der Waals surface area contributed by atoms with E-state index in [9.17, 15) is 14.4 Å². The molecule has 3 aromatic rings. The van der Waals surface area contributed by atoms with Crippen molar-refractivity contribution in [3.05, 3.63) is 75.7 Å². The Kier molecular flexibility index (Phi) is 10.8. The number of benzene rings is 1. The lowest BCUT2D eigenvalue weighted by Gasteiger charge is -2.24. The molecule has 3 N–H and O–H groups in total. The summed E-state index contributed by atoms with van der Waals surface area (Å²) in [5.41, 5.74) is 3.95. The number of nitrogens with zero attached hydrogens (tertiary/aromatic N) is 1. The van der Waals surface area contributed by atoms with Crippen molar-refractivity contribution in [3.63, 3.8) is 0 Å². The number of nitrogens with one attached hydrogen (secondary N) is 3. The number of aromatic nitrogens is 1. The Labute approximate surface area is 258 Å². The highest BCUT2D eigenvalue weighted by molar-refractivity contribution is 5.86. The molecule has 0 saturated carbocycles. The zero-order valence-electron chi connectivity index (χ0n) is 26.3. The summed E-state index contributed by atoms with van der Waals surface area (Å²) in [5, 5.41) is 9.28. The van der Waals surface area contributed by atoms with Gasteiger partial charge in [0, 0.05) is 37.3 Å². The van der Waals surface area contributed by atoms with Crippen molar-refractivity contribution in [3.8, 4) is 28.4 Å². The summed E-state index contributed by atoms with van der Waals surface area (Å²) in [4.78, 5) is 43.8. The lowest BCUT2D eigenvalue weighted by atomic mass is 9.95. The third-order valence-electron chi connectivity index (χ3n) is 8.13. The molecule has 4 rings (SSSR count). The van der Waals surface area contributed by atoms with E-state index in [0.29, 0.717) is 48.6 Å². The Balaban J connectivity index is 1.77. The van der Waals surface area contributed by atoms with E-state index in [-0.39, 0.29) is 28.8 Å². The van der Waals surface area contributed by atoms with Gasteiger partial charge in [-0.3, -0.25) is 19.4 Å². The van der Waals surface area contributed by atoms with Gasteiger partial charge >= 0.3 is 0 Å². The lowest BCUT2D eigenvalue weighted by Crippen LogP contribution is -2.45. The number of carbonyl (C=O) groups is 2. The number of anilines is 1. The van der Waals surface area contributed by atoms with E-state index in [1.807, 2.05) is 44.2 Å². The van der Waals surface area contributed by atoms with Gasteiger partial charge in [0.25, 0.3) is 0 Å². The minimum atomic E-state index is -0.643. The summed E-state index contributed by atoms with van der Waals surface area (Å²) >= 11 is 0. The number of carbonyl (C=O) groups excluding carboxylic acids is 2. The van der Waals surface area contributed by atoms with Gasteiger partial charge in [-0.05, 0) is 65.8 Å². The van der Waals surface area contributed by atoms with Gasteiger partial charge in [-0.15, -0.1) is 0 Å². The average Bonchev–Trinajstić information content (AvgIpc) is 3.26. The molecule has 234 valence electrons. The molecular weight excluding hydrogens is 560 g/mol. The fourth-order valence-corrected chi connectivity index (χ4v) is 5.67. The maximum absolute atomic E-state index is 13.8. The minimum Gasteiger partial charge on any atom is -0.493 e. The van der Waals surface area contributed by atoms with Crippen LogP contribution in [0.4, 0.5) is 5.69 Å². The highest BCUT2D eigenvalue weighted by Crippen LogP contribution is 2.50. The number of rotatable bonds is 12. The third-order valence-corrected chi connectivity index (χ3v) is 8.13. The van der Waals surface area contributed by atoms with Crippen molar-refractivity contribution >= 4 is 17.5 Å². The van der Waals surface area contributed by atoms with Crippen LogP contribution >= 0.6 is 0 Å². The molecule has 1 aromatic heterocycles. The summed E-state index contributed by atoms with van der Waals surface area (Å²) < 4.78 is 17.1. The van der Waals surface area contributed by atoms with E-state index < -0.39 is 12.1 Å². The van der Waals surface area contributed by atoms with Crippen molar-refractivity contribution in [1.82, 2.24) is 15.6 Å². The molecule has 0 spiro atoms. The predicted octanol–water partition coefficient (Wildman–Crippen LogP) is 4.44. The Morgan fingerprint density at radius 1 is 1.05 bits per heavy atom. The zero-order chi connectivity index (χ0) is 31.8. The van der Waals surface area contributed by atoms with Crippen molar-refractivity contribution in [2.75, 3.05) is 33.2 Å². The van der Waals surface area contributed by atoms with E-state index >= 15 is 0 Å². The van der Waals surface area contributed by atoms with Gasteiger partial charge in [-0.25, -0.2) is 0 Å². The van der Waals surface area contributed by atoms with E-state index in [0.717, 1.165) is 28.8 Å². The number of hydrogen-bond acceptors (Lipinski definition) is 8. The Hall–Kier alpha value is -4.60. The molecular formula is C34H42N4O6. The van der Waals surface area contributed by atoms with Gasteiger partial charge in [-0.1, -0.05) is 32.4 Å². The highest BCUT2D eigenvalue weighted by Gasteiger charge is 2.30. The first-order valence-corrected chi connectivity index (χ1v) is 14.9. The van der Waals surface area contributed by atoms with Crippen LogP contribution in [0.25, 0.3) is 11.1 Å². The van der Waals surface area contributed by atoms with Crippen molar-refractivity contribution in [2.45, 2.75) is 58.5 Å². The van der Waals surface area contributed by atoms with Crippen LogP contribution in [0.5, 0.6) is 17.2 Å². The molecule has 1 heterocycles. The molecule has 3 atom stereocenters. The van der Waals surface area contributed by atoms with E-state index in [1.54, 1.807) is 39.7 Å². The summed E-state index contributed by atoms with van der Waals surface area (Å²) in [6.45, 7) is 5.87. The molecule has 0 saturated heterocycles. The largest absolute Gasteiger partial charge is 0.493 e. The molecule has 10 nitrogen and oxygen atoms in total. The van der Waals surface area contributed by atoms with Crippen LogP contribution in [0.1, 0.15) is 56.5 Å². The first-order chi connectivity index (χ1) is 21.2. The van der Waals surface area contributed by atoms with Crippen LogP contribution in [-0.2, 0) is 22.4 Å². The maximum atomic E-state index is 13.8. The van der Waals surface area contributed by atoms with Gasteiger partial charge in [0.05, 0.1) is 33.1 Å². The molecule has 0 aliphatic heterocycles. The molecule has 1 aliphatic rings. The zero-order valence-corrected chi connectivity index (χ0v) is 26.3. The van der Waals surface area contributed by atoms with E-state index in [2.05, 4.69) is 20.9 Å². The number of aryl methyl sites for hydroxylation is 1. The fourth-order valence-electron chi connectivity index (χ4n) is 5.67. The van der Waals surface area contributed by atoms with Crippen molar-refractivity contribution < 1.29 is 23.8 Å². The quantitative estimate of drug-likeness (QED) is 0.278. The molecule has 10 heteroatoms. The number of pyridine rings is 1. The highest BCUT2D eigenvalue weighted by atomic mass is 16.5. The van der Waals surface area contributed by atoms with Crippen LogP contribution in [-0.4, -0.2) is 50.7 Å². The van der Waals surface area contributed by atoms with Gasteiger partial charge in [0.2, 0.25) is 23.0 Å². The van der Waals surface area contributed by atoms with Crippen molar-refractivity contribution in [2.24, 2.45) is 5.92 Å². The first kappa shape index (κ1) is 32.3. The Morgan fingerprint density at radius 3 is 2.45 bits per heavy atom. The molecule has 1 aliphatic carbocycles. The van der Waals surface area contributed by atoms with Gasteiger partial charge < -0.3 is 30.2 Å². The standard InChI is InChI=1S/C34H42N4O6/c1-7-20(2)31(34(41)36-17-15-23-10-8-9-16-35-23)38-27-14-12-24-25(19-28(27)40)26(37-21(3)39)13-11-22-18-29(42-4)32(43-5)33(44-6)30(22)24/h8-10,12,14,16,18-20,26,31H,7,11,13,15,17H2,1-6H3,(H,36,41)(H,37,39)(H,38,40)/t20-,26+,31+/m0/s1. The monoisotopic (exact) mass is 602 g/mol. The number of fused-ring (bicyclic) bond motifs is 3. The molecule has 44 heavy (non-hydrogen) atoms. The second-order valence-corrected chi connectivity index (χ2v) is 11.0. The van der Waals surface area contributed by atoms with Gasteiger partial charge in [0.15, 0.2) is 11.5 Å². The normalized spacial score (nSPS) is 15.0. The molecule has 0 fully saturated rings. The molecule has 0 radical (unpaired) electrons. The summed E-state index contributed by atoms with van der Waals surface area (Å²) in [5.74, 6) is 0.986. The molecule has 2 aromatic carbocycles. The predicted molar refractivity (Wildman–Crippen MR) is 170 cm³/mol. The van der Waals surface area contributed by atoms with Crippen LogP contribution < -0.4 is 35.6 Å². The van der Waals surface area contributed by atoms with E-state index in [4.69, 9.17) is 14.2 Å². The molecule has 0 bridgehead atoms. The topological polar surface area (TPSA) is 128 Å². The van der Waals surface area contributed by atoms with Gasteiger partial charge in [-0.2, -0.15) is 0 Å². The van der Waals surface area contributed by atoms with Crippen LogP contribution in [0.2, 0.25) is 0 Å². The van der Waals surface area contributed by atoms with E-state index in [1.165, 1.54) is 6.92 Å². The van der Waals surface area contributed by atoms with Crippen LogP contribution in [0, 0.1) is 5.92 Å². The number of ether oxygens (including phenoxy) is 3. The second-order valence-electron chi connectivity index (χ2n) is 11.0. The first-order valence-electron chi connectivity index (χ1n) is 14.9. The van der Waals surface area contributed by atoms with Crippen LogP contribution in [0.3, 0.4) is 0 Å². The fraction of sp³-hybridized carbons (Fsp3) is 0.412. The molecule has 0 unspecified atom stereocenters. The van der Waals surface area contributed by atoms with Gasteiger partial charge in [0.1, 0.15) is 6.04 Å². The smallest absolute Gasteiger partial charge is 0.242 e. The average molecular weight is 603 g/mol. The maximum Gasteiger partial charge on any atom is 0.242 e. The third kappa shape index (κ3) is 7.12. The van der Waals surface area contributed by atoms with Crippen molar-refractivity contribution in [1.29, 1.82) is 0 Å². The Bertz CT molecular complexity index is 1550. The lowest BCUT2D eigenvalue weighted by molar-refractivity contribution is -0.123. The Morgan fingerprint density at radius 2 is 1.82 bits per heavy atom. The summed E-state index contributed by atoms with van der Waals surface area (Å²) in [7, 11) is 4.67. The number of amides is 2.